The quantitative estimate of drug-likeness (QED) is 0.455. The first-order chi connectivity index (χ1) is 15.5. The number of benzene rings is 2. The number of amides is 1. The van der Waals surface area contributed by atoms with Gasteiger partial charge in [-0.3, -0.25) is 9.69 Å². The number of hydrogen-bond acceptors (Lipinski definition) is 6. The van der Waals surface area contributed by atoms with Crippen molar-refractivity contribution in [3.63, 3.8) is 0 Å². The normalized spacial score (nSPS) is 17.7. The van der Waals surface area contributed by atoms with E-state index in [0.717, 1.165) is 47.7 Å². The first-order valence-corrected chi connectivity index (χ1v) is 11.7. The third kappa shape index (κ3) is 3.89. The van der Waals surface area contributed by atoms with Crippen molar-refractivity contribution in [2.75, 3.05) is 18.4 Å². The van der Waals surface area contributed by atoms with E-state index in [1.165, 1.54) is 10.4 Å². The van der Waals surface area contributed by atoms with Crippen LogP contribution in [0, 0.1) is 6.92 Å². The van der Waals surface area contributed by atoms with Gasteiger partial charge in [-0.2, -0.15) is 0 Å². The predicted octanol–water partition coefficient (Wildman–Crippen LogP) is 4.51. The van der Waals surface area contributed by atoms with Crippen LogP contribution in [0.4, 0.5) is 5.00 Å². The topological polar surface area (TPSA) is 70.7 Å². The van der Waals surface area contributed by atoms with Crippen LogP contribution in [-0.2, 0) is 13.0 Å². The summed E-state index contributed by atoms with van der Waals surface area (Å²) in [6.45, 7) is 7.06. The average molecular weight is 448 g/mol. The van der Waals surface area contributed by atoms with Crippen LogP contribution in [0.25, 0.3) is 0 Å². The van der Waals surface area contributed by atoms with Gasteiger partial charge < -0.3 is 15.4 Å². The van der Waals surface area contributed by atoms with E-state index < -0.39 is 5.97 Å². The number of hydrogen-bond donors (Lipinski definition) is 2. The van der Waals surface area contributed by atoms with E-state index in [1.54, 1.807) is 35.6 Å². The molecule has 0 bridgehead atoms. The van der Waals surface area contributed by atoms with Crippen molar-refractivity contribution in [2.24, 2.45) is 0 Å². The molecule has 2 aliphatic rings. The molecule has 1 atom stereocenters. The number of nitrogens with zero attached hydrogens (tertiary/aromatic N) is 1. The van der Waals surface area contributed by atoms with Crippen molar-refractivity contribution in [3.8, 4) is 5.75 Å². The van der Waals surface area contributed by atoms with E-state index in [9.17, 15) is 9.59 Å². The van der Waals surface area contributed by atoms with Gasteiger partial charge in [0.1, 0.15) is 16.9 Å². The number of esters is 1. The van der Waals surface area contributed by atoms with Crippen LogP contribution in [0.5, 0.6) is 5.75 Å². The molecule has 3 heterocycles. The van der Waals surface area contributed by atoms with E-state index in [-0.39, 0.29) is 12.1 Å². The number of likely N-dealkylation sites (N-methyl/N-ethyl adjacent to an activating group) is 1. The molecule has 0 saturated carbocycles. The second-order valence-electron chi connectivity index (χ2n) is 8.20. The highest BCUT2D eigenvalue weighted by atomic mass is 32.1. The Morgan fingerprint density at radius 2 is 1.88 bits per heavy atom. The van der Waals surface area contributed by atoms with Crippen LogP contribution in [-0.4, -0.2) is 29.9 Å². The number of aryl methyl sites for hydroxylation is 1. The number of carbonyl (C=O) groups excluding carboxylic acids is 2. The van der Waals surface area contributed by atoms with Gasteiger partial charge in [0.05, 0.1) is 11.1 Å². The number of rotatable bonds is 4. The molecule has 2 N–H and O–H groups in total. The summed E-state index contributed by atoms with van der Waals surface area (Å²) in [5.74, 6) is 0.0474. The Morgan fingerprint density at radius 1 is 1.12 bits per heavy atom. The molecule has 2 aliphatic heterocycles. The van der Waals surface area contributed by atoms with E-state index >= 15 is 0 Å². The third-order valence-electron chi connectivity index (χ3n) is 6.07. The molecule has 3 aromatic rings. The summed E-state index contributed by atoms with van der Waals surface area (Å²) in [5.41, 5.74) is 4.50. The average Bonchev–Trinajstić information content (AvgIpc) is 3.18. The summed E-state index contributed by atoms with van der Waals surface area (Å²) in [4.78, 5) is 28.9. The summed E-state index contributed by atoms with van der Waals surface area (Å²) in [6.07, 6.45) is 0.592. The summed E-state index contributed by atoms with van der Waals surface area (Å²) >= 11 is 1.69. The number of nitrogens with one attached hydrogen (secondary N) is 2. The van der Waals surface area contributed by atoms with Crippen molar-refractivity contribution < 1.29 is 14.3 Å². The Labute approximate surface area is 191 Å². The zero-order chi connectivity index (χ0) is 22.2. The Kier molecular flexibility index (Phi) is 5.45. The molecular weight excluding hydrogens is 422 g/mol. The Balaban J connectivity index is 1.30. The zero-order valence-corrected chi connectivity index (χ0v) is 18.9. The van der Waals surface area contributed by atoms with Crippen molar-refractivity contribution in [3.05, 3.63) is 81.2 Å². The molecule has 5 rings (SSSR count). The Bertz CT molecular complexity index is 1170. The second kappa shape index (κ2) is 8.41. The van der Waals surface area contributed by atoms with Crippen molar-refractivity contribution in [2.45, 2.75) is 33.0 Å². The third-order valence-corrected chi connectivity index (χ3v) is 7.22. The molecule has 2 aromatic carbocycles. The lowest BCUT2D eigenvalue weighted by atomic mass is 10.0. The van der Waals surface area contributed by atoms with E-state index in [4.69, 9.17) is 4.74 Å². The number of thiophene rings is 1. The van der Waals surface area contributed by atoms with Crippen LogP contribution < -0.4 is 15.4 Å². The first kappa shape index (κ1) is 20.7. The second-order valence-corrected chi connectivity index (χ2v) is 9.31. The maximum atomic E-state index is 12.9. The van der Waals surface area contributed by atoms with Gasteiger partial charge in [0, 0.05) is 18.0 Å². The van der Waals surface area contributed by atoms with Gasteiger partial charge in [-0.15, -0.1) is 11.3 Å². The first-order valence-electron chi connectivity index (χ1n) is 10.8. The van der Waals surface area contributed by atoms with Crippen molar-refractivity contribution >= 4 is 28.2 Å². The smallest absolute Gasteiger partial charge is 0.343 e. The maximum absolute atomic E-state index is 12.9. The molecule has 32 heavy (non-hydrogen) atoms. The van der Waals surface area contributed by atoms with Gasteiger partial charge >= 0.3 is 5.97 Å². The minimum absolute atomic E-state index is 0.0268. The maximum Gasteiger partial charge on any atom is 0.343 e. The summed E-state index contributed by atoms with van der Waals surface area (Å²) < 4.78 is 5.49. The summed E-state index contributed by atoms with van der Waals surface area (Å²) in [6, 6.07) is 14.5. The number of ether oxygens (including phenoxy) is 1. The van der Waals surface area contributed by atoms with Crippen LogP contribution in [0.1, 0.15) is 55.4 Å². The predicted molar refractivity (Wildman–Crippen MR) is 125 cm³/mol. The molecule has 1 amide bonds. The minimum Gasteiger partial charge on any atom is -0.423 e. The lowest BCUT2D eigenvalue weighted by Crippen LogP contribution is -2.38. The molecule has 0 unspecified atom stereocenters. The molecular formula is C25H25N3O3S. The fourth-order valence-electron chi connectivity index (χ4n) is 4.19. The Morgan fingerprint density at radius 3 is 2.59 bits per heavy atom. The van der Waals surface area contributed by atoms with E-state index in [1.807, 2.05) is 31.2 Å². The monoisotopic (exact) mass is 447 g/mol. The molecule has 164 valence electrons. The minimum atomic E-state index is -0.392. The van der Waals surface area contributed by atoms with Crippen molar-refractivity contribution in [1.82, 2.24) is 10.2 Å². The highest BCUT2D eigenvalue weighted by Gasteiger charge is 2.33. The van der Waals surface area contributed by atoms with E-state index in [0.29, 0.717) is 11.3 Å². The van der Waals surface area contributed by atoms with Crippen molar-refractivity contribution in [1.29, 1.82) is 0 Å². The fourth-order valence-corrected chi connectivity index (χ4v) is 5.50. The molecule has 0 saturated heterocycles. The standard InChI is InChI=1S/C25H25N3O3S/c1-3-28-13-12-19-20(14-28)32-24-21(19)23(29)26-22(27-24)16-8-10-18(11-9-16)31-25(30)17-6-4-15(2)5-7-17/h4-11,22,27H,3,12-14H2,1-2H3,(H,26,29)/t22-/m1/s1. The molecule has 0 aliphatic carbocycles. The van der Waals surface area contributed by atoms with Gasteiger partial charge in [0.15, 0.2) is 0 Å². The zero-order valence-electron chi connectivity index (χ0n) is 18.1. The largest absolute Gasteiger partial charge is 0.423 e. The van der Waals surface area contributed by atoms with Crippen LogP contribution in [0.3, 0.4) is 0 Å². The van der Waals surface area contributed by atoms with Crippen LogP contribution in [0.2, 0.25) is 0 Å². The van der Waals surface area contributed by atoms with Gasteiger partial charge in [0.25, 0.3) is 5.91 Å². The molecule has 0 spiro atoms. The lowest BCUT2D eigenvalue weighted by Gasteiger charge is -2.28. The lowest BCUT2D eigenvalue weighted by molar-refractivity contribution is 0.0734. The fraction of sp³-hybridized carbons (Fsp3) is 0.280. The molecule has 1 aromatic heterocycles. The van der Waals surface area contributed by atoms with Gasteiger partial charge in [0.2, 0.25) is 0 Å². The van der Waals surface area contributed by atoms with Gasteiger partial charge in [-0.1, -0.05) is 36.8 Å². The number of carbonyl (C=O) groups is 2. The molecule has 6 nitrogen and oxygen atoms in total. The van der Waals surface area contributed by atoms with Crippen LogP contribution in [0.15, 0.2) is 48.5 Å². The SMILES string of the molecule is CCN1CCc2c(sc3c2C(=O)N[C@@H](c2ccc(OC(=O)c4ccc(C)cc4)cc2)N3)C1. The number of anilines is 1. The summed E-state index contributed by atoms with van der Waals surface area (Å²) in [5, 5.41) is 7.50. The van der Waals surface area contributed by atoms with Gasteiger partial charge in [-0.25, -0.2) is 4.79 Å². The molecule has 0 radical (unpaired) electrons. The molecule has 0 fully saturated rings. The Hall–Kier alpha value is -3.16. The number of fused-ring (bicyclic) bond motifs is 3. The summed E-state index contributed by atoms with van der Waals surface area (Å²) in [7, 11) is 0. The highest BCUT2D eigenvalue weighted by Crippen LogP contribution is 2.40. The van der Waals surface area contributed by atoms with Gasteiger partial charge in [-0.05, 0) is 55.3 Å². The van der Waals surface area contributed by atoms with E-state index in [2.05, 4.69) is 22.5 Å². The van der Waals surface area contributed by atoms with Crippen LogP contribution >= 0.6 is 11.3 Å². The highest BCUT2D eigenvalue weighted by molar-refractivity contribution is 7.16. The molecule has 7 heteroatoms.